The zero-order chi connectivity index (χ0) is 16.3. The standard InChI is InChI=1S/C11H13F3N2O4S/c1-7-8(3-4-9(15-7)11(12,13)14)10(17)16-21(18,19)6-5-20-2/h3-4H,5-6H2,1-2H3,(H,16,17). The van der Waals surface area contributed by atoms with E-state index in [1.165, 1.54) is 14.0 Å². The summed E-state index contributed by atoms with van der Waals surface area (Å²) in [5.41, 5.74) is -1.62. The molecule has 0 bridgehead atoms. The zero-order valence-corrected chi connectivity index (χ0v) is 12.0. The zero-order valence-electron chi connectivity index (χ0n) is 11.2. The Balaban J connectivity index is 2.94. The van der Waals surface area contributed by atoms with Crippen molar-refractivity contribution in [3.05, 3.63) is 29.1 Å². The van der Waals surface area contributed by atoms with Crippen molar-refractivity contribution < 1.29 is 31.1 Å². The first-order chi connectivity index (χ1) is 9.57. The number of amides is 1. The summed E-state index contributed by atoms with van der Waals surface area (Å²) in [7, 11) is -2.63. The number of halogens is 3. The molecule has 0 aliphatic rings. The number of aryl methyl sites for hydroxylation is 1. The van der Waals surface area contributed by atoms with E-state index in [2.05, 4.69) is 9.72 Å². The van der Waals surface area contributed by atoms with Gasteiger partial charge in [-0.2, -0.15) is 13.2 Å². The Labute approximate surface area is 119 Å². The SMILES string of the molecule is COCCS(=O)(=O)NC(=O)c1ccc(C(F)(F)F)nc1C. The fraction of sp³-hybridized carbons (Fsp3) is 0.455. The Hall–Kier alpha value is -1.68. The summed E-state index contributed by atoms with van der Waals surface area (Å²) in [6.07, 6.45) is -4.63. The Bertz CT molecular complexity index is 629. The minimum Gasteiger partial charge on any atom is -0.384 e. The second-order valence-corrected chi connectivity index (χ2v) is 5.91. The maximum Gasteiger partial charge on any atom is 0.433 e. The van der Waals surface area contributed by atoms with E-state index in [1.54, 1.807) is 4.72 Å². The average Bonchev–Trinajstić information content (AvgIpc) is 2.34. The highest BCUT2D eigenvalue weighted by Gasteiger charge is 2.33. The number of nitrogens with one attached hydrogen (secondary N) is 1. The first-order valence-electron chi connectivity index (χ1n) is 5.65. The van der Waals surface area contributed by atoms with Crippen LogP contribution in [0.2, 0.25) is 0 Å². The molecule has 118 valence electrons. The number of hydrogen-bond acceptors (Lipinski definition) is 5. The van der Waals surface area contributed by atoms with Crippen LogP contribution in [0.25, 0.3) is 0 Å². The molecule has 1 aromatic heterocycles. The van der Waals surface area contributed by atoms with Crippen molar-refractivity contribution in [1.29, 1.82) is 0 Å². The molecule has 1 N–H and O–H groups in total. The maximum absolute atomic E-state index is 12.4. The van der Waals surface area contributed by atoms with Crippen molar-refractivity contribution in [1.82, 2.24) is 9.71 Å². The Morgan fingerprint density at radius 1 is 1.38 bits per heavy atom. The number of methoxy groups -OCH3 is 1. The highest BCUT2D eigenvalue weighted by molar-refractivity contribution is 7.90. The molecule has 0 saturated heterocycles. The van der Waals surface area contributed by atoms with E-state index < -0.39 is 33.6 Å². The van der Waals surface area contributed by atoms with E-state index >= 15 is 0 Å². The van der Waals surface area contributed by atoms with Crippen LogP contribution in [0.4, 0.5) is 13.2 Å². The van der Waals surface area contributed by atoms with E-state index in [1.807, 2.05) is 0 Å². The number of hydrogen-bond donors (Lipinski definition) is 1. The lowest BCUT2D eigenvalue weighted by Crippen LogP contribution is -2.34. The van der Waals surface area contributed by atoms with Gasteiger partial charge < -0.3 is 4.74 Å². The van der Waals surface area contributed by atoms with E-state index in [0.717, 1.165) is 6.07 Å². The third kappa shape index (κ3) is 4.97. The fourth-order valence-electron chi connectivity index (χ4n) is 1.40. The van der Waals surface area contributed by atoms with Gasteiger partial charge in [-0.25, -0.2) is 18.1 Å². The largest absolute Gasteiger partial charge is 0.433 e. The first-order valence-corrected chi connectivity index (χ1v) is 7.30. The molecule has 21 heavy (non-hydrogen) atoms. The molecule has 6 nitrogen and oxygen atoms in total. The molecule has 0 spiro atoms. The predicted octanol–water partition coefficient (Wildman–Crippen LogP) is 1.11. The number of rotatable bonds is 5. The van der Waals surface area contributed by atoms with Gasteiger partial charge in [-0.15, -0.1) is 0 Å². The van der Waals surface area contributed by atoms with E-state index in [-0.39, 0.29) is 17.9 Å². The molecule has 0 aliphatic heterocycles. The highest BCUT2D eigenvalue weighted by Crippen LogP contribution is 2.28. The van der Waals surface area contributed by atoms with Gasteiger partial charge >= 0.3 is 6.18 Å². The quantitative estimate of drug-likeness (QED) is 0.876. The fourth-order valence-corrected chi connectivity index (χ4v) is 2.28. The van der Waals surface area contributed by atoms with Gasteiger partial charge in [0.25, 0.3) is 5.91 Å². The number of sulfonamides is 1. The summed E-state index contributed by atoms with van der Waals surface area (Å²) in [5.74, 6) is -1.48. The average molecular weight is 326 g/mol. The number of aromatic nitrogens is 1. The Morgan fingerprint density at radius 3 is 2.48 bits per heavy atom. The summed E-state index contributed by atoms with van der Waals surface area (Å²) in [4.78, 5) is 15.0. The summed E-state index contributed by atoms with van der Waals surface area (Å²) in [6, 6.07) is 1.50. The van der Waals surface area contributed by atoms with Crippen LogP contribution in [-0.4, -0.2) is 38.8 Å². The molecule has 0 aromatic carbocycles. The summed E-state index contributed by atoms with van der Waals surface area (Å²) in [5, 5.41) is 0. The van der Waals surface area contributed by atoms with Crippen molar-refractivity contribution >= 4 is 15.9 Å². The molecule has 0 saturated carbocycles. The van der Waals surface area contributed by atoms with Crippen molar-refractivity contribution in [3.8, 4) is 0 Å². The lowest BCUT2D eigenvalue weighted by molar-refractivity contribution is -0.141. The molecule has 1 amide bonds. The van der Waals surface area contributed by atoms with E-state index in [9.17, 15) is 26.4 Å². The van der Waals surface area contributed by atoms with Gasteiger partial charge in [-0.3, -0.25) is 4.79 Å². The Kier molecular flexibility index (Phi) is 5.29. The highest BCUT2D eigenvalue weighted by atomic mass is 32.2. The number of pyridine rings is 1. The third-order valence-electron chi connectivity index (χ3n) is 2.43. The first kappa shape index (κ1) is 17.4. The van der Waals surface area contributed by atoms with Crippen LogP contribution >= 0.6 is 0 Å². The molecule has 1 heterocycles. The predicted molar refractivity (Wildman–Crippen MR) is 67.1 cm³/mol. The minimum absolute atomic E-state index is 0.118. The third-order valence-corrected chi connectivity index (χ3v) is 3.63. The van der Waals surface area contributed by atoms with Crippen molar-refractivity contribution in [2.75, 3.05) is 19.5 Å². The lowest BCUT2D eigenvalue weighted by Gasteiger charge is -2.10. The van der Waals surface area contributed by atoms with Gasteiger partial charge in [-0.1, -0.05) is 0 Å². The number of carbonyl (C=O) groups excluding carboxylic acids is 1. The number of carbonyl (C=O) groups is 1. The minimum atomic E-state index is -4.63. The molecule has 0 radical (unpaired) electrons. The van der Waals surface area contributed by atoms with Crippen LogP contribution in [0.1, 0.15) is 21.7 Å². The molecule has 1 aromatic rings. The second-order valence-electron chi connectivity index (χ2n) is 4.07. The summed E-state index contributed by atoms with van der Waals surface area (Å²) >= 11 is 0. The van der Waals surface area contributed by atoms with Crippen LogP contribution in [0.5, 0.6) is 0 Å². The molecule has 1 rings (SSSR count). The van der Waals surface area contributed by atoms with Crippen LogP contribution in [0.3, 0.4) is 0 Å². The van der Waals surface area contributed by atoms with Crippen molar-refractivity contribution in [3.63, 3.8) is 0 Å². The van der Waals surface area contributed by atoms with Crippen molar-refractivity contribution in [2.45, 2.75) is 13.1 Å². The van der Waals surface area contributed by atoms with Crippen LogP contribution in [-0.2, 0) is 20.9 Å². The maximum atomic E-state index is 12.4. The number of alkyl halides is 3. The second kappa shape index (κ2) is 6.39. The van der Waals surface area contributed by atoms with Gasteiger partial charge in [0.05, 0.1) is 23.6 Å². The van der Waals surface area contributed by atoms with Gasteiger partial charge in [0, 0.05) is 7.11 Å². The van der Waals surface area contributed by atoms with Gasteiger partial charge in [0.2, 0.25) is 10.0 Å². The van der Waals surface area contributed by atoms with Crippen LogP contribution < -0.4 is 4.72 Å². The molecule has 10 heteroatoms. The van der Waals surface area contributed by atoms with Crippen molar-refractivity contribution in [2.24, 2.45) is 0 Å². The molecule has 0 unspecified atom stereocenters. The number of ether oxygens (including phenoxy) is 1. The summed E-state index contributed by atoms with van der Waals surface area (Å²) < 4.78 is 66.6. The van der Waals surface area contributed by atoms with E-state index in [4.69, 9.17) is 0 Å². The van der Waals surface area contributed by atoms with Gasteiger partial charge in [-0.05, 0) is 19.1 Å². The smallest absolute Gasteiger partial charge is 0.384 e. The molecule has 0 atom stereocenters. The normalized spacial score (nSPS) is 12.2. The molecular formula is C11H13F3N2O4S. The monoisotopic (exact) mass is 326 g/mol. The summed E-state index contributed by atoms with van der Waals surface area (Å²) in [6.45, 7) is 1.07. The van der Waals surface area contributed by atoms with Gasteiger partial charge in [0.1, 0.15) is 5.69 Å². The van der Waals surface area contributed by atoms with Crippen LogP contribution in [0.15, 0.2) is 12.1 Å². The lowest BCUT2D eigenvalue weighted by atomic mass is 10.2. The topological polar surface area (TPSA) is 85.4 Å². The molecular weight excluding hydrogens is 313 g/mol. The number of nitrogens with zero attached hydrogens (tertiary/aromatic N) is 1. The molecule has 0 fully saturated rings. The molecule has 0 aliphatic carbocycles. The van der Waals surface area contributed by atoms with Gasteiger partial charge in [0.15, 0.2) is 0 Å². The van der Waals surface area contributed by atoms with Crippen LogP contribution in [0, 0.1) is 6.92 Å². The Morgan fingerprint density at radius 2 is 2.00 bits per heavy atom. The van der Waals surface area contributed by atoms with E-state index in [0.29, 0.717) is 6.07 Å².